The minimum atomic E-state index is -0.388. The summed E-state index contributed by atoms with van der Waals surface area (Å²) in [7, 11) is 3.14. The van der Waals surface area contributed by atoms with Gasteiger partial charge in [-0.2, -0.15) is 0 Å². The topological polar surface area (TPSA) is 74.3 Å². The fourth-order valence-corrected chi connectivity index (χ4v) is 4.39. The van der Waals surface area contributed by atoms with Crippen LogP contribution in [-0.2, 0) is 22.6 Å². The van der Waals surface area contributed by atoms with Crippen LogP contribution in [0.2, 0.25) is 10.0 Å². The maximum absolute atomic E-state index is 13.8. The molecule has 202 valence electrons. The molecule has 1 amide bonds. The molecule has 0 aliphatic rings. The lowest BCUT2D eigenvalue weighted by molar-refractivity contribution is -0.143. The summed E-state index contributed by atoms with van der Waals surface area (Å²) >= 11 is 12.8. The third kappa shape index (κ3) is 8.04. The standard InChI is InChI=1S/C29H31Cl2NO6/c1-4-37-27(33)13-15-32(14-12-20-10-11-25(35-2)26(16-20)36-3)29(34)23-17-22(30)18-24(31)28(23)38-19-21-8-6-5-7-9-21/h5-11,16-18H,4,12-15,19H2,1-3H3. The number of hydrogen-bond donors (Lipinski definition) is 0. The first-order chi connectivity index (χ1) is 18.4. The minimum Gasteiger partial charge on any atom is -0.493 e. The Morgan fingerprint density at radius 2 is 1.61 bits per heavy atom. The van der Waals surface area contributed by atoms with Crippen molar-refractivity contribution in [2.24, 2.45) is 0 Å². The van der Waals surface area contributed by atoms with Gasteiger partial charge < -0.3 is 23.8 Å². The molecule has 0 fully saturated rings. The molecular formula is C29H31Cl2NO6. The Bertz CT molecular complexity index is 1240. The smallest absolute Gasteiger partial charge is 0.307 e. The monoisotopic (exact) mass is 559 g/mol. The lowest BCUT2D eigenvalue weighted by Crippen LogP contribution is -2.35. The van der Waals surface area contributed by atoms with E-state index in [4.69, 9.17) is 42.1 Å². The van der Waals surface area contributed by atoms with Crippen LogP contribution in [0.5, 0.6) is 17.2 Å². The summed E-state index contributed by atoms with van der Waals surface area (Å²) in [5.74, 6) is 0.688. The molecule has 3 aromatic rings. The highest BCUT2D eigenvalue weighted by molar-refractivity contribution is 6.36. The van der Waals surface area contributed by atoms with E-state index in [0.29, 0.717) is 29.5 Å². The number of methoxy groups -OCH3 is 2. The van der Waals surface area contributed by atoms with Gasteiger partial charge in [0.05, 0.1) is 37.8 Å². The highest BCUT2D eigenvalue weighted by Crippen LogP contribution is 2.34. The second-order valence-corrected chi connectivity index (χ2v) is 9.17. The van der Waals surface area contributed by atoms with Crippen LogP contribution in [-0.4, -0.2) is 50.7 Å². The molecule has 0 heterocycles. The Balaban J connectivity index is 1.87. The van der Waals surface area contributed by atoms with Crippen molar-refractivity contribution < 1.29 is 28.5 Å². The molecule has 7 nitrogen and oxygen atoms in total. The van der Waals surface area contributed by atoms with E-state index in [-0.39, 0.29) is 54.4 Å². The third-order valence-electron chi connectivity index (χ3n) is 5.76. The first-order valence-corrected chi connectivity index (χ1v) is 12.9. The van der Waals surface area contributed by atoms with Gasteiger partial charge in [-0.25, -0.2) is 0 Å². The van der Waals surface area contributed by atoms with Crippen LogP contribution in [0.1, 0.15) is 34.8 Å². The van der Waals surface area contributed by atoms with E-state index in [0.717, 1.165) is 11.1 Å². The zero-order valence-electron chi connectivity index (χ0n) is 21.7. The van der Waals surface area contributed by atoms with Crippen molar-refractivity contribution in [2.45, 2.75) is 26.4 Å². The minimum absolute atomic E-state index is 0.0417. The fraction of sp³-hybridized carbons (Fsp3) is 0.310. The van der Waals surface area contributed by atoms with Gasteiger partial charge in [0.2, 0.25) is 0 Å². The van der Waals surface area contributed by atoms with Crippen LogP contribution in [0.4, 0.5) is 0 Å². The zero-order chi connectivity index (χ0) is 27.5. The molecular weight excluding hydrogens is 529 g/mol. The summed E-state index contributed by atoms with van der Waals surface area (Å²) in [6.07, 6.45) is 0.545. The summed E-state index contributed by atoms with van der Waals surface area (Å²) in [6, 6.07) is 18.2. The number of esters is 1. The second kappa shape index (κ2) is 14.5. The number of ether oxygens (including phenoxy) is 4. The average molecular weight is 560 g/mol. The molecule has 0 aliphatic carbocycles. The van der Waals surface area contributed by atoms with E-state index in [1.54, 1.807) is 26.0 Å². The van der Waals surface area contributed by atoms with Gasteiger partial charge in [-0.3, -0.25) is 9.59 Å². The summed E-state index contributed by atoms with van der Waals surface area (Å²) in [4.78, 5) is 27.5. The number of halogens is 2. The summed E-state index contributed by atoms with van der Waals surface area (Å²) in [6.45, 7) is 2.68. The van der Waals surface area contributed by atoms with Gasteiger partial charge >= 0.3 is 5.97 Å². The molecule has 0 N–H and O–H groups in total. The van der Waals surface area contributed by atoms with E-state index in [2.05, 4.69) is 0 Å². The first-order valence-electron chi connectivity index (χ1n) is 12.2. The van der Waals surface area contributed by atoms with Crippen molar-refractivity contribution in [1.82, 2.24) is 4.90 Å². The van der Waals surface area contributed by atoms with E-state index in [1.165, 1.54) is 12.1 Å². The molecule has 9 heteroatoms. The SMILES string of the molecule is CCOC(=O)CCN(CCc1ccc(OC)c(OC)c1)C(=O)c1cc(Cl)cc(Cl)c1OCc1ccccc1. The van der Waals surface area contributed by atoms with Crippen LogP contribution in [0, 0.1) is 0 Å². The second-order valence-electron chi connectivity index (χ2n) is 8.33. The lowest BCUT2D eigenvalue weighted by atomic mass is 10.1. The highest BCUT2D eigenvalue weighted by Gasteiger charge is 2.24. The summed E-state index contributed by atoms with van der Waals surface area (Å²) < 4.78 is 21.8. The molecule has 0 aliphatic heterocycles. The third-order valence-corrected chi connectivity index (χ3v) is 6.26. The van der Waals surface area contributed by atoms with Crippen LogP contribution in [0.15, 0.2) is 60.7 Å². The van der Waals surface area contributed by atoms with Crippen molar-refractivity contribution in [3.63, 3.8) is 0 Å². The van der Waals surface area contributed by atoms with Crippen molar-refractivity contribution in [2.75, 3.05) is 33.9 Å². The molecule has 0 spiro atoms. The fourth-order valence-electron chi connectivity index (χ4n) is 3.84. The normalized spacial score (nSPS) is 10.6. The van der Waals surface area contributed by atoms with Gasteiger partial charge in [-0.05, 0) is 48.7 Å². The molecule has 3 rings (SSSR count). The molecule has 0 atom stereocenters. The van der Waals surface area contributed by atoms with Gasteiger partial charge in [0.15, 0.2) is 17.2 Å². The lowest BCUT2D eigenvalue weighted by Gasteiger charge is -2.24. The Labute approximate surface area is 233 Å². The van der Waals surface area contributed by atoms with Crippen LogP contribution >= 0.6 is 23.2 Å². The number of rotatable bonds is 13. The zero-order valence-corrected chi connectivity index (χ0v) is 23.2. The summed E-state index contributed by atoms with van der Waals surface area (Å²) in [5, 5.41) is 0.526. The van der Waals surface area contributed by atoms with E-state index in [1.807, 2.05) is 48.5 Å². The van der Waals surface area contributed by atoms with Crippen LogP contribution in [0.3, 0.4) is 0 Å². The largest absolute Gasteiger partial charge is 0.493 e. The van der Waals surface area contributed by atoms with E-state index in [9.17, 15) is 9.59 Å². The molecule has 0 saturated heterocycles. The molecule has 3 aromatic carbocycles. The average Bonchev–Trinajstić information content (AvgIpc) is 2.92. The van der Waals surface area contributed by atoms with Crippen molar-refractivity contribution in [3.8, 4) is 17.2 Å². The predicted molar refractivity (Wildman–Crippen MR) is 148 cm³/mol. The van der Waals surface area contributed by atoms with Gasteiger partial charge in [0.25, 0.3) is 5.91 Å². The first kappa shape index (κ1) is 29.1. The Morgan fingerprint density at radius 3 is 2.29 bits per heavy atom. The Kier molecular flexibility index (Phi) is 11.1. The van der Waals surface area contributed by atoms with Gasteiger partial charge in [-0.1, -0.05) is 59.6 Å². The molecule has 0 aromatic heterocycles. The van der Waals surface area contributed by atoms with Crippen molar-refractivity contribution in [1.29, 1.82) is 0 Å². The predicted octanol–water partition coefficient (Wildman–Crippen LogP) is 6.23. The molecule has 0 bridgehead atoms. The number of carbonyl (C=O) groups is 2. The summed E-state index contributed by atoms with van der Waals surface area (Å²) in [5.41, 5.74) is 2.07. The molecule has 0 saturated carbocycles. The Morgan fingerprint density at radius 1 is 0.868 bits per heavy atom. The van der Waals surface area contributed by atoms with Crippen LogP contribution < -0.4 is 14.2 Å². The van der Waals surface area contributed by atoms with Crippen molar-refractivity contribution in [3.05, 3.63) is 87.4 Å². The maximum Gasteiger partial charge on any atom is 0.307 e. The highest BCUT2D eigenvalue weighted by atomic mass is 35.5. The molecule has 0 unspecified atom stereocenters. The number of nitrogens with zero attached hydrogens (tertiary/aromatic N) is 1. The van der Waals surface area contributed by atoms with Gasteiger partial charge in [0.1, 0.15) is 6.61 Å². The van der Waals surface area contributed by atoms with Gasteiger partial charge in [0, 0.05) is 18.1 Å². The van der Waals surface area contributed by atoms with E-state index < -0.39 is 0 Å². The van der Waals surface area contributed by atoms with Gasteiger partial charge in [-0.15, -0.1) is 0 Å². The number of hydrogen-bond acceptors (Lipinski definition) is 6. The molecule has 38 heavy (non-hydrogen) atoms. The maximum atomic E-state index is 13.8. The Hall–Kier alpha value is -3.42. The number of amides is 1. The number of carbonyl (C=O) groups excluding carboxylic acids is 2. The molecule has 0 radical (unpaired) electrons. The van der Waals surface area contributed by atoms with Crippen LogP contribution in [0.25, 0.3) is 0 Å². The van der Waals surface area contributed by atoms with E-state index >= 15 is 0 Å². The van der Waals surface area contributed by atoms with Crippen molar-refractivity contribution >= 4 is 35.1 Å². The number of benzene rings is 3. The quantitative estimate of drug-likeness (QED) is 0.231.